The number of aromatic carboxylic acids is 1. The van der Waals surface area contributed by atoms with E-state index in [2.05, 4.69) is 22.4 Å². The van der Waals surface area contributed by atoms with Gasteiger partial charge in [0.1, 0.15) is 5.82 Å². The lowest BCUT2D eigenvalue weighted by Gasteiger charge is -2.22. The summed E-state index contributed by atoms with van der Waals surface area (Å²) in [6.07, 6.45) is 2.34. The number of carboxylic acids is 1. The maximum Gasteiger partial charge on any atom is 0.335 e. The molecule has 0 saturated carbocycles. The van der Waals surface area contributed by atoms with Gasteiger partial charge in [-0.05, 0) is 42.7 Å². The quantitative estimate of drug-likeness (QED) is 0.538. The van der Waals surface area contributed by atoms with Gasteiger partial charge in [0.2, 0.25) is 0 Å². The molecular formula is C24H24ClN3O3. The second kappa shape index (κ2) is 10.1. The SMILES string of the molecule is C[C@H](NC(=O)c1cc(Cl)cnc1N(C)CCc1ccccc1)c1ccc(C(=O)O)cc1. The third-order valence-electron chi connectivity index (χ3n) is 5.02. The van der Waals surface area contributed by atoms with Crippen LogP contribution < -0.4 is 10.2 Å². The summed E-state index contributed by atoms with van der Waals surface area (Å²) in [6.45, 7) is 2.52. The fourth-order valence-corrected chi connectivity index (χ4v) is 3.38. The smallest absolute Gasteiger partial charge is 0.335 e. The van der Waals surface area contributed by atoms with E-state index in [-0.39, 0.29) is 17.5 Å². The van der Waals surface area contributed by atoms with Crippen molar-refractivity contribution in [1.82, 2.24) is 10.3 Å². The van der Waals surface area contributed by atoms with E-state index >= 15 is 0 Å². The summed E-state index contributed by atoms with van der Waals surface area (Å²) in [4.78, 5) is 30.4. The molecule has 0 saturated heterocycles. The Bertz CT molecular complexity index is 1060. The minimum Gasteiger partial charge on any atom is -0.478 e. The maximum absolute atomic E-state index is 13.0. The number of nitrogens with one attached hydrogen (secondary N) is 1. The first-order valence-electron chi connectivity index (χ1n) is 9.90. The highest BCUT2D eigenvalue weighted by Gasteiger charge is 2.19. The van der Waals surface area contributed by atoms with E-state index in [0.717, 1.165) is 12.0 Å². The van der Waals surface area contributed by atoms with E-state index < -0.39 is 5.97 Å². The number of amides is 1. The number of anilines is 1. The monoisotopic (exact) mass is 437 g/mol. The molecule has 1 amide bonds. The third kappa shape index (κ3) is 5.83. The highest BCUT2D eigenvalue weighted by atomic mass is 35.5. The lowest BCUT2D eigenvalue weighted by Crippen LogP contribution is -2.30. The number of aromatic nitrogens is 1. The predicted molar refractivity (Wildman–Crippen MR) is 122 cm³/mol. The Morgan fingerprint density at radius 2 is 1.81 bits per heavy atom. The van der Waals surface area contributed by atoms with Crippen molar-refractivity contribution in [3.63, 3.8) is 0 Å². The highest BCUT2D eigenvalue weighted by molar-refractivity contribution is 6.31. The van der Waals surface area contributed by atoms with Crippen molar-refractivity contribution >= 4 is 29.3 Å². The molecule has 0 radical (unpaired) electrons. The van der Waals surface area contributed by atoms with E-state index in [1.807, 2.05) is 37.1 Å². The number of likely N-dealkylation sites (N-methyl/N-ethyl adjacent to an activating group) is 1. The summed E-state index contributed by atoms with van der Waals surface area (Å²) >= 11 is 6.12. The summed E-state index contributed by atoms with van der Waals surface area (Å²) in [5.41, 5.74) is 2.58. The molecule has 0 aliphatic carbocycles. The number of pyridine rings is 1. The van der Waals surface area contributed by atoms with Gasteiger partial charge < -0.3 is 15.3 Å². The molecule has 0 spiro atoms. The molecule has 1 atom stereocenters. The molecule has 1 aromatic heterocycles. The lowest BCUT2D eigenvalue weighted by atomic mass is 10.1. The zero-order chi connectivity index (χ0) is 22.4. The zero-order valence-corrected chi connectivity index (χ0v) is 18.1. The van der Waals surface area contributed by atoms with Crippen molar-refractivity contribution in [2.75, 3.05) is 18.5 Å². The molecule has 160 valence electrons. The summed E-state index contributed by atoms with van der Waals surface area (Å²) in [5, 5.41) is 12.4. The van der Waals surface area contributed by atoms with Crippen LogP contribution in [0.5, 0.6) is 0 Å². The molecule has 2 N–H and O–H groups in total. The first-order chi connectivity index (χ1) is 14.8. The average molecular weight is 438 g/mol. The molecule has 0 aliphatic heterocycles. The number of nitrogens with zero attached hydrogens (tertiary/aromatic N) is 2. The highest BCUT2D eigenvalue weighted by Crippen LogP contribution is 2.22. The van der Waals surface area contributed by atoms with Gasteiger partial charge in [0.05, 0.1) is 22.2 Å². The van der Waals surface area contributed by atoms with E-state index in [1.165, 1.54) is 23.9 Å². The van der Waals surface area contributed by atoms with Crippen LogP contribution >= 0.6 is 11.6 Å². The molecule has 0 bridgehead atoms. The average Bonchev–Trinajstić information content (AvgIpc) is 2.78. The first-order valence-corrected chi connectivity index (χ1v) is 10.3. The van der Waals surface area contributed by atoms with Gasteiger partial charge in [-0.25, -0.2) is 9.78 Å². The normalized spacial score (nSPS) is 11.6. The van der Waals surface area contributed by atoms with Crippen molar-refractivity contribution in [2.45, 2.75) is 19.4 Å². The predicted octanol–water partition coefficient (Wildman–Crippen LogP) is 4.60. The van der Waals surface area contributed by atoms with Crippen LogP contribution in [0.25, 0.3) is 0 Å². The molecule has 0 unspecified atom stereocenters. The number of carbonyl (C=O) groups is 2. The van der Waals surface area contributed by atoms with Gasteiger partial charge in [0.25, 0.3) is 5.91 Å². The second-order valence-electron chi connectivity index (χ2n) is 7.30. The summed E-state index contributed by atoms with van der Waals surface area (Å²) in [5.74, 6) is -0.742. The van der Waals surface area contributed by atoms with Crippen molar-refractivity contribution in [3.05, 3.63) is 94.1 Å². The van der Waals surface area contributed by atoms with Crippen LogP contribution in [0.2, 0.25) is 5.02 Å². The molecule has 31 heavy (non-hydrogen) atoms. The minimum absolute atomic E-state index is 0.198. The van der Waals surface area contributed by atoms with Gasteiger partial charge in [0.15, 0.2) is 0 Å². The number of halogens is 1. The fourth-order valence-electron chi connectivity index (χ4n) is 3.22. The van der Waals surface area contributed by atoms with Crippen molar-refractivity contribution < 1.29 is 14.7 Å². The van der Waals surface area contributed by atoms with E-state index in [0.29, 0.717) is 22.9 Å². The van der Waals surface area contributed by atoms with E-state index in [1.54, 1.807) is 18.2 Å². The van der Waals surface area contributed by atoms with Crippen molar-refractivity contribution in [3.8, 4) is 0 Å². The van der Waals surface area contributed by atoms with Crippen LogP contribution in [0.3, 0.4) is 0 Å². The standard InChI is InChI=1S/C24H24ClN3O3/c1-16(18-8-10-19(11-9-18)24(30)31)27-23(29)21-14-20(25)15-26-22(21)28(2)13-12-17-6-4-3-5-7-17/h3-11,14-16H,12-13H2,1-2H3,(H,27,29)(H,30,31)/t16-/m0/s1. The number of benzene rings is 2. The molecule has 0 aliphatic rings. The van der Waals surface area contributed by atoms with Crippen molar-refractivity contribution in [2.24, 2.45) is 0 Å². The molecule has 7 heteroatoms. The molecule has 6 nitrogen and oxygen atoms in total. The molecule has 3 aromatic rings. The number of carboxylic acid groups (broad SMARTS) is 1. The second-order valence-corrected chi connectivity index (χ2v) is 7.74. The van der Waals surface area contributed by atoms with Gasteiger partial charge in [-0.1, -0.05) is 54.1 Å². The van der Waals surface area contributed by atoms with Crippen LogP contribution in [0.1, 0.15) is 44.8 Å². The molecule has 2 aromatic carbocycles. The van der Waals surface area contributed by atoms with E-state index in [4.69, 9.17) is 16.7 Å². The van der Waals surface area contributed by atoms with Crippen LogP contribution in [0.4, 0.5) is 5.82 Å². The minimum atomic E-state index is -0.989. The van der Waals surface area contributed by atoms with Gasteiger partial charge in [-0.2, -0.15) is 0 Å². The molecule has 3 rings (SSSR count). The number of hydrogen-bond donors (Lipinski definition) is 2. The van der Waals surface area contributed by atoms with Gasteiger partial charge >= 0.3 is 5.97 Å². The first kappa shape index (κ1) is 22.3. The van der Waals surface area contributed by atoms with Gasteiger partial charge in [-0.15, -0.1) is 0 Å². The Balaban J connectivity index is 1.74. The summed E-state index contributed by atoms with van der Waals surface area (Å²) in [7, 11) is 1.89. The number of carbonyl (C=O) groups excluding carboxylic acids is 1. The van der Waals surface area contributed by atoms with Crippen LogP contribution in [0.15, 0.2) is 66.9 Å². The molecule has 1 heterocycles. The number of rotatable bonds is 8. The topological polar surface area (TPSA) is 82.5 Å². The van der Waals surface area contributed by atoms with Gasteiger partial charge in [0, 0.05) is 19.8 Å². The molecular weight excluding hydrogens is 414 g/mol. The Kier molecular flexibility index (Phi) is 7.26. The Morgan fingerprint density at radius 3 is 2.45 bits per heavy atom. The van der Waals surface area contributed by atoms with Crippen LogP contribution in [0, 0.1) is 0 Å². The third-order valence-corrected chi connectivity index (χ3v) is 5.23. The summed E-state index contributed by atoms with van der Waals surface area (Å²) in [6, 6.07) is 17.8. The Labute approximate surface area is 186 Å². The van der Waals surface area contributed by atoms with E-state index in [9.17, 15) is 9.59 Å². The molecule has 0 fully saturated rings. The summed E-state index contributed by atoms with van der Waals surface area (Å²) < 4.78 is 0. The fraction of sp³-hybridized carbons (Fsp3) is 0.208. The van der Waals surface area contributed by atoms with Crippen LogP contribution in [-0.4, -0.2) is 35.6 Å². The van der Waals surface area contributed by atoms with Crippen LogP contribution in [-0.2, 0) is 6.42 Å². The Hall–Kier alpha value is -3.38. The van der Waals surface area contributed by atoms with Gasteiger partial charge in [-0.3, -0.25) is 4.79 Å². The van der Waals surface area contributed by atoms with Crippen molar-refractivity contribution in [1.29, 1.82) is 0 Å². The Morgan fingerprint density at radius 1 is 1.13 bits per heavy atom. The lowest BCUT2D eigenvalue weighted by molar-refractivity contribution is 0.0696. The largest absolute Gasteiger partial charge is 0.478 e. The maximum atomic E-state index is 13.0. The zero-order valence-electron chi connectivity index (χ0n) is 17.4. The number of hydrogen-bond acceptors (Lipinski definition) is 4.